The van der Waals surface area contributed by atoms with Crippen molar-refractivity contribution < 1.29 is 14.3 Å². The molecule has 0 saturated heterocycles. The smallest absolute Gasteiger partial charge is 0.356 e. The average molecular weight is 441 g/mol. The van der Waals surface area contributed by atoms with E-state index in [-0.39, 0.29) is 17.6 Å². The zero-order chi connectivity index (χ0) is 22.5. The molecule has 1 aliphatic heterocycles. The van der Waals surface area contributed by atoms with Gasteiger partial charge in [-0.2, -0.15) is 0 Å². The van der Waals surface area contributed by atoms with E-state index in [9.17, 15) is 9.59 Å². The summed E-state index contributed by atoms with van der Waals surface area (Å²) in [5.41, 5.74) is 4.06. The maximum atomic E-state index is 13.7. The Morgan fingerprint density at radius 2 is 1.82 bits per heavy atom. The first-order chi connectivity index (χ1) is 16.2. The summed E-state index contributed by atoms with van der Waals surface area (Å²) in [5.74, 6) is -0.505. The van der Waals surface area contributed by atoms with Crippen molar-refractivity contribution in [2.24, 2.45) is 0 Å². The van der Waals surface area contributed by atoms with Gasteiger partial charge in [0, 0.05) is 28.0 Å². The van der Waals surface area contributed by atoms with E-state index in [4.69, 9.17) is 9.72 Å². The number of carbonyl (C=O) groups is 2. The van der Waals surface area contributed by atoms with Crippen LogP contribution in [0, 0.1) is 0 Å². The molecule has 2 aromatic carbocycles. The Morgan fingerprint density at radius 1 is 1.06 bits per heavy atom. The van der Waals surface area contributed by atoms with Crippen LogP contribution in [0.3, 0.4) is 0 Å². The van der Waals surface area contributed by atoms with Gasteiger partial charge >= 0.3 is 5.97 Å². The number of pyridine rings is 1. The molecule has 2 aromatic heterocycles. The summed E-state index contributed by atoms with van der Waals surface area (Å²) in [6, 6.07) is 17.4. The summed E-state index contributed by atoms with van der Waals surface area (Å²) in [6.45, 7) is 0. The highest BCUT2D eigenvalue weighted by Crippen LogP contribution is 2.40. The number of carbonyl (C=O) groups excluding carboxylic acids is 2. The molecule has 7 nitrogen and oxygen atoms in total. The minimum Gasteiger partial charge on any atom is -0.464 e. The number of hydrogen-bond donors (Lipinski definition) is 2. The fourth-order valence-corrected chi connectivity index (χ4v) is 5.31. The molecular weight excluding hydrogens is 416 g/mol. The number of amides is 1. The third kappa shape index (κ3) is 3.07. The number of H-pyrrole nitrogens is 1. The molecule has 1 aliphatic carbocycles. The minimum atomic E-state index is -0.504. The standard InChI is InChI=1S/C26H24N4O3/c1-33-26(32)21-14-18-16-10-4-6-12-19(16)27-22(18)23(28-21)24-29-20-13-7-5-11-17(20)25(31)30(24)15-8-2-3-9-15/h4-7,10-15,24,27,29H,2-3,8-9H2,1H3. The fourth-order valence-electron chi connectivity index (χ4n) is 5.31. The quantitative estimate of drug-likeness (QED) is 0.437. The summed E-state index contributed by atoms with van der Waals surface area (Å²) in [4.78, 5) is 36.5. The first-order valence-electron chi connectivity index (χ1n) is 11.3. The van der Waals surface area contributed by atoms with Crippen molar-refractivity contribution in [1.82, 2.24) is 14.9 Å². The van der Waals surface area contributed by atoms with Gasteiger partial charge in [-0.25, -0.2) is 9.78 Å². The zero-order valence-corrected chi connectivity index (χ0v) is 18.3. The summed E-state index contributed by atoms with van der Waals surface area (Å²) in [6.07, 6.45) is 3.60. The SMILES string of the molecule is COC(=O)c1cc2c([nH]c3ccccc32)c(C2Nc3ccccc3C(=O)N2C2CCCC2)n1. The Labute approximate surface area is 190 Å². The van der Waals surface area contributed by atoms with Gasteiger partial charge in [0.25, 0.3) is 5.91 Å². The summed E-state index contributed by atoms with van der Waals surface area (Å²) in [7, 11) is 1.35. The Kier molecular flexibility index (Phi) is 4.57. The van der Waals surface area contributed by atoms with Crippen LogP contribution in [0.2, 0.25) is 0 Å². The van der Waals surface area contributed by atoms with E-state index in [0.717, 1.165) is 53.2 Å². The monoisotopic (exact) mass is 440 g/mol. The van der Waals surface area contributed by atoms with Crippen LogP contribution >= 0.6 is 0 Å². The van der Waals surface area contributed by atoms with Crippen molar-refractivity contribution in [1.29, 1.82) is 0 Å². The molecule has 1 atom stereocenters. The maximum absolute atomic E-state index is 13.7. The predicted octanol–water partition coefficient (Wildman–Crippen LogP) is 5.01. The second-order valence-corrected chi connectivity index (χ2v) is 8.72. The van der Waals surface area contributed by atoms with Crippen molar-refractivity contribution >= 4 is 39.4 Å². The minimum absolute atomic E-state index is 0.00391. The third-order valence-corrected chi connectivity index (χ3v) is 6.86. The molecule has 0 bridgehead atoms. The molecule has 33 heavy (non-hydrogen) atoms. The van der Waals surface area contributed by atoms with Gasteiger partial charge in [0.05, 0.1) is 18.2 Å². The average Bonchev–Trinajstić information content (AvgIpc) is 3.51. The maximum Gasteiger partial charge on any atom is 0.356 e. The number of hydrogen-bond acceptors (Lipinski definition) is 5. The molecule has 2 N–H and O–H groups in total. The molecule has 2 aliphatic rings. The summed E-state index contributed by atoms with van der Waals surface area (Å²) in [5, 5.41) is 5.44. The van der Waals surface area contributed by atoms with E-state index in [1.54, 1.807) is 6.07 Å². The van der Waals surface area contributed by atoms with E-state index in [1.807, 2.05) is 53.4 Å². The molecule has 1 amide bonds. The molecular formula is C26H24N4O3. The topological polar surface area (TPSA) is 87.3 Å². The van der Waals surface area contributed by atoms with Crippen molar-refractivity contribution in [2.75, 3.05) is 12.4 Å². The lowest BCUT2D eigenvalue weighted by Crippen LogP contribution is -2.48. The van der Waals surface area contributed by atoms with Crippen LogP contribution in [0.5, 0.6) is 0 Å². The number of benzene rings is 2. The molecule has 166 valence electrons. The lowest BCUT2D eigenvalue weighted by Gasteiger charge is -2.41. The molecule has 1 saturated carbocycles. The Bertz CT molecular complexity index is 1400. The van der Waals surface area contributed by atoms with E-state index in [1.165, 1.54) is 7.11 Å². The van der Waals surface area contributed by atoms with Crippen molar-refractivity contribution in [3.63, 3.8) is 0 Å². The number of nitrogens with one attached hydrogen (secondary N) is 2. The summed E-state index contributed by atoms with van der Waals surface area (Å²) < 4.78 is 5.01. The first kappa shape index (κ1) is 19.8. The van der Waals surface area contributed by atoms with Crippen molar-refractivity contribution in [3.05, 3.63) is 71.5 Å². The van der Waals surface area contributed by atoms with Gasteiger partial charge in [-0.05, 0) is 37.1 Å². The first-order valence-corrected chi connectivity index (χ1v) is 11.3. The Balaban J connectivity index is 1.61. The van der Waals surface area contributed by atoms with Gasteiger partial charge in [-0.1, -0.05) is 43.2 Å². The number of methoxy groups -OCH3 is 1. The van der Waals surface area contributed by atoms with Crippen molar-refractivity contribution in [2.45, 2.75) is 37.9 Å². The van der Waals surface area contributed by atoms with Crippen LogP contribution in [0.4, 0.5) is 5.69 Å². The number of aromatic amines is 1. The molecule has 0 spiro atoms. The molecule has 1 fully saturated rings. The second-order valence-electron chi connectivity index (χ2n) is 8.72. The van der Waals surface area contributed by atoms with E-state index in [0.29, 0.717) is 11.3 Å². The number of rotatable bonds is 3. The highest BCUT2D eigenvalue weighted by molar-refractivity contribution is 6.10. The number of para-hydroxylation sites is 2. The van der Waals surface area contributed by atoms with Crippen LogP contribution in [0.15, 0.2) is 54.6 Å². The number of esters is 1. The van der Waals surface area contributed by atoms with E-state index in [2.05, 4.69) is 10.3 Å². The van der Waals surface area contributed by atoms with Gasteiger partial charge in [-0.3, -0.25) is 4.79 Å². The van der Waals surface area contributed by atoms with Crippen molar-refractivity contribution in [3.8, 4) is 0 Å². The van der Waals surface area contributed by atoms with Gasteiger partial charge < -0.3 is 19.9 Å². The van der Waals surface area contributed by atoms with Crippen LogP contribution in [-0.2, 0) is 4.74 Å². The molecule has 6 rings (SSSR count). The normalized spacial score (nSPS) is 18.5. The largest absolute Gasteiger partial charge is 0.464 e. The lowest BCUT2D eigenvalue weighted by molar-refractivity contribution is 0.0579. The highest BCUT2D eigenvalue weighted by atomic mass is 16.5. The number of nitrogens with zero attached hydrogens (tertiary/aromatic N) is 2. The molecule has 4 aromatic rings. The zero-order valence-electron chi connectivity index (χ0n) is 18.3. The fraction of sp³-hybridized carbons (Fsp3) is 0.269. The summed E-state index contributed by atoms with van der Waals surface area (Å²) >= 11 is 0. The number of ether oxygens (including phenoxy) is 1. The second kappa shape index (κ2) is 7.62. The Morgan fingerprint density at radius 3 is 2.64 bits per heavy atom. The van der Waals surface area contributed by atoms with E-state index >= 15 is 0 Å². The Hall–Kier alpha value is -3.87. The third-order valence-electron chi connectivity index (χ3n) is 6.86. The van der Waals surface area contributed by atoms with E-state index < -0.39 is 12.1 Å². The number of anilines is 1. The van der Waals surface area contributed by atoms with Crippen LogP contribution < -0.4 is 5.32 Å². The van der Waals surface area contributed by atoms with Gasteiger partial charge in [0.2, 0.25) is 0 Å². The van der Waals surface area contributed by atoms with Crippen LogP contribution in [0.25, 0.3) is 21.8 Å². The molecule has 1 unspecified atom stereocenters. The van der Waals surface area contributed by atoms with Gasteiger partial charge in [0.15, 0.2) is 0 Å². The van der Waals surface area contributed by atoms with Crippen LogP contribution in [-0.4, -0.2) is 39.9 Å². The van der Waals surface area contributed by atoms with Gasteiger partial charge in [-0.15, -0.1) is 0 Å². The number of fused-ring (bicyclic) bond motifs is 4. The molecule has 7 heteroatoms. The molecule has 3 heterocycles. The van der Waals surface area contributed by atoms with Gasteiger partial charge in [0.1, 0.15) is 17.6 Å². The number of aromatic nitrogens is 2. The molecule has 0 radical (unpaired) electrons. The van der Waals surface area contributed by atoms with Crippen LogP contribution in [0.1, 0.15) is 58.4 Å². The lowest BCUT2D eigenvalue weighted by atomic mass is 10.0. The highest BCUT2D eigenvalue weighted by Gasteiger charge is 2.40. The predicted molar refractivity (Wildman–Crippen MR) is 126 cm³/mol.